The van der Waals surface area contributed by atoms with Crippen molar-refractivity contribution in [2.24, 2.45) is 0 Å². The van der Waals surface area contributed by atoms with Gasteiger partial charge in [-0.15, -0.1) is 0 Å². The predicted molar refractivity (Wildman–Crippen MR) is 125 cm³/mol. The van der Waals surface area contributed by atoms with Gasteiger partial charge in [0.25, 0.3) is 5.91 Å². The van der Waals surface area contributed by atoms with Crippen molar-refractivity contribution >= 4 is 28.2 Å². The Hall–Kier alpha value is -2.83. The zero-order chi connectivity index (χ0) is 21.2. The number of fused-ring (bicyclic) bond motifs is 2. The fourth-order valence-corrected chi connectivity index (χ4v) is 5.12. The van der Waals surface area contributed by atoms with Crippen LogP contribution in [0.2, 0.25) is 0 Å². The number of aromatic nitrogens is 1. The number of amides is 1. The lowest BCUT2D eigenvalue weighted by Crippen LogP contribution is -2.54. The number of carbonyl (C=O) groups excluding carboxylic acids is 1. The molecular formula is C25H30N4O2. The van der Waals surface area contributed by atoms with Crippen LogP contribution in [0.15, 0.2) is 54.7 Å². The van der Waals surface area contributed by atoms with E-state index in [9.17, 15) is 4.79 Å². The maximum atomic E-state index is 12.9. The Balaban J connectivity index is 1.28. The molecule has 2 aliphatic rings. The zero-order valence-corrected chi connectivity index (χ0v) is 18.1. The SMILES string of the molecule is COCC(=O)N1c2ccccc2CCC1CN1CCN(c2cccc3[nH]ccc23)CC1. The number of carbonyl (C=O) groups is 1. The smallest absolute Gasteiger partial charge is 0.253 e. The van der Waals surface area contributed by atoms with Gasteiger partial charge in [0.2, 0.25) is 0 Å². The molecule has 6 heteroatoms. The molecule has 1 N–H and O–H groups in total. The maximum absolute atomic E-state index is 12.9. The summed E-state index contributed by atoms with van der Waals surface area (Å²) >= 11 is 0. The number of methoxy groups -OCH3 is 1. The van der Waals surface area contributed by atoms with Crippen molar-refractivity contribution in [3.8, 4) is 0 Å². The third kappa shape index (κ3) is 3.93. The molecule has 1 unspecified atom stereocenters. The molecular weight excluding hydrogens is 388 g/mol. The van der Waals surface area contributed by atoms with E-state index in [0.717, 1.165) is 51.3 Å². The molecule has 0 aliphatic carbocycles. The lowest BCUT2D eigenvalue weighted by molar-refractivity contribution is -0.122. The molecule has 1 aromatic heterocycles. The van der Waals surface area contributed by atoms with Gasteiger partial charge in [-0.2, -0.15) is 0 Å². The van der Waals surface area contributed by atoms with Gasteiger partial charge in [0.15, 0.2) is 0 Å². The van der Waals surface area contributed by atoms with E-state index in [4.69, 9.17) is 4.74 Å². The molecule has 0 spiro atoms. The number of piperazine rings is 1. The molecule has 3 heterocycles. The maximum Gasteiger partial charge on any atom is 0.253 e. The van der Waals surface area contributed by atoms with Crippen molar-refractivity contribution in [3.63, 3.8) is 0 Å². The number of rotatable bonds is 5. The van der Waals surface area contributed by atoms with Crippen molar-refractivity contribution in [2.75, 3.05) is 56.2 Å². The fraction of sp³-hybridized carbons (Fsp3) is 0.400. The van der Waals surface area contributed by atoms with Crippen LogP contribution in [0.25, 0.3) is 10.9 Å². The highest BCUT2D eigenvalue weighted by Gasteiger charge is 2.32. The van der Waals surface area contributed by atoms with E-state index in [1.54, 1.807) is 7.11 Å². The standard InChI is InChI=1S/C25H30N4O2/c1-31-18-25(30)29-20(10-9-19-5-2-3-7-23(19)29)17-27-13-15-28(16-14-27)24-8-4-6-22-21(24)11-12-26-22/h2-8,11-12,20,26H,9-10,13-18H2,1H3. The highest BCUT2D eigenvalue weighted by atomic mass is 16.5. The van der Waals surface area contributed by atoms with Gasteiger partial charge in [0, 0.05) is 68.3 Å². The van der Waals surface area contributed by atoms with Crippen molar-refractivity contribution < 1.29 is 9.53 Å². The van der Waals surface area contributed by atoms with Crippen LogP contribution in [0, 0.1) is 0 Å². The zero-order valence-electron chi connectivity index (χ0n) is 18.1. The molecule has 31 heavy (non-hydrogen) atoms. The molecule has 0 bridgehead atoms. The van der Waals surface area contributed by atoms with Gasteiger partial charge in [-0.3, -0.25) is 9.69 Å². The van der Waals surface area contributed by atoms with Gasteiger partial charge in [0.05, 0.1) is 6.04 Å². The van der Waals surface area contributed by atoms with Crippen LogP contribution < -0.4 is 9.80 Å². The Labute approximate surface area is 183 Å². The van der Waals surface area contributed by atoms with Crippen LogP contribution in [0.1, 0.15) is 12.0 Å². The predicted octanol–water partition coefficient (Wildman–Crippen LogP) is 3.28. The highest BCUT2D eigenvalue weighted by molar-refractivity contribution is 5.96. The number of nitrogens with one attached hydrogen (secondary N) is 1. The molecule has 0 radical (unpaired) electrons. The van der Waals surface area contributed by atoms with E-state index < -0.39 is 0 Å². The summed E-state index contributed by atoms with van der Waals surface area (Å²) in [4.78, 5) is 23.2. The molecule has 162 valence electrons. The van der Waals surface area contributed by atoms with Crippen LogP contribution in [-0.2, 0) is 16.0 Å². The van der Waals surface area contributed by atoms with E-state index in [1.807, 2.05) is 17.2 Å². The average molecular weight is 419 g/mol. The molecule has 2 aromatic carbocycles. The normalized spacial score (nSPS) is 19.6. The average Bonchev–Trinajstić information content (AvgIpc) is 3.29. The topological polar surface area (TPSA) is 51.8 Å². The Kier molecular flexibility index (Phi) is 5.66. The number of aryl methyl sites for hydroxylation is 1. The van der Waals surface area contributed by atoms with E-state index in [-0.39, 0.29) is 18.6 Å². The van der Waals surface area contributed by atoms with E-state index in [2.05, 4.69) is 57.2 Å². The molecule has 5 rings (SSSR count). The summed E-state index contributed by atoms with van der Waals surface area (Å²) in [7, 11) is 1.59. The van der Waals surface area contributed by atoms with Crippen LogP contribution >= 0.6 is 0 Å². The minimum Gasteiger partial charge on any atom is -0.375 e. The monoisotopic (exact) mass is 418 g/mol. The van der Waals surface area contributed by atoms with Gasteiger partial charge in [-0.05, 0) is 42.7 Å². The Morgan fingerprint density at radius 2 is 1.84 bits per heavy atom. The lowest BCUT2D eigenvalue weighted by Gasteiger charge is -2.42. The van der Waals surface area contributed by atoms with Gasteiger partial charge in [-0.1, -0.05) is 24.3 Å². The van der Waals surface area contributed by atoms with E-state index in [1.165, 1.54) is 22.2 Å². The second-order valence-electron chi connectivity index (χ2n) is 8.52. The first-order chi connectivity index (χ1) is 15.2. The Morgan fingerprint density at radius 3 is 2.68 bits per heavy atom. The lowest BCUT2D eigenvalue weighted by atomic mass is 9.95. The van der Waals surface area contributed by atoms with Crippen molar-refractivity contribution in [2.45, 2.75) is 18.9 Å². The summed E-state index contributed by atoms with van der Waals surface area (Å²) in [6.45, 7) is 5.04. The molecule has 3 aromatic rings. The first kappa shape index (κ1) is 20.1. The molecule has 0 saturated carbocycles. The highest BCUT2D eigenvalue weighted by Crippen LogP contribution is 2.32. The minimum absolute atomic E-state index is 0.0532. The van der Waals surface area contributed by atoms with Gasteiger partial charge in [-0.25, -0.2) is 0 Å². The van der Waals surface area contributed by atoms with Crippen LogP contribution in [0.5, 0.6) is 0 Å². The van der Waals surface area contributed by atoms with Crippen LogP contribution in [-0.4, -0.2) is 68.3 Å². The van der Waals surface area contributed by atoms with Gasteiger partial charge >= 0.3 is 0 Å². The number of para-hydroxylation sites is 1. The van der Waals surface area contributed by atoms with Gasteiger partial charge < -0.3 is 19.5 Å². The summed E-state index contributed by atoms with van der Waals surface area (Å²) in [5.41, 5.74) is 4.81. The quantitative estimate of drug-likeness (QED) is 0.691. The Morgan fingerprint density at radius 1 is 1.03 bits per heavy atom. The number of hydrogen-bond acceptors (Lipinski definition) is 4. The third-order valence-electron chi connectivity index (χ3n) is 6.65. The minimum atomic E-state index is 0.0532. The summed E-state index contributed by atoms with van der Waals surface area (Å²) in [5, 5.41) is 1.29. The summed E-state index contributed by atoms with van der Waals surface area (Å²) < 4.78 is 5.19. The number of anilines is 2. The van der Waals surface area contributed by atoms with Crippen molar-refractivity contribution in [1.29, 1.82) is 0 Å². The fourth-order valence-electron chi connectivity index (χ4n) is 5.12. The number of H-pyrrole nitrogens is 1. The molecule has 6 nitrogen and oxygen atoms in total. The van der Waals surface area contributed by atoms with E-state index in [0.29, 0.717) is 0 Å². The summed E-state index contributed by atoms with van der Waals surface area (Å²) in [5.74, 6) is 0.0532. The number of nitrogens with zero attached hydrogens (tertiary/aromatic N) is 3. The molecule has 1 atom stereocenters. The number of benzene rings is 2. The van der Waals surface area contributed by atoms with Crippen LogP contribution in [0.4, 0.5) is 11.4 Å². The largest absolute Gasteiger partial charge is 0.375 e. The van der Waals surface area contributed by atoms with Crippen LogP contribution in [0.3, 0.4) is 0 Å². The third-order valence-corrected chi connectivity index (χ3v) is 6.65. The number of ether oxygens (including phenoxy) is 1. The van der Waals surface area contributed by atoms with Crippen molar-refractivity contribution in [3.05, 3.63) is 60.3 Å². The molecule has 1 amide bonds. The second kappa shape index (κ2) is 8.73. The first-order valence-corrected chi connectivity index (χ1v) is 11.2. The molecule has 1 fully saturated rings. The summed E-state index contributed by atoms with van der Waals surface area (Å²) in [6, 6.07) is 17.1. The second-order valence-corrected chi connectivity index (χ2v) is 8.52. The number of aromatic amines is 1. The first-order valence-electron chi connectivity index (χ1n) is 11.2. The number of hydrogen-bond donors (Lipinski definition) is 1. The Bertz CT molecular complexity index is 1050. The van der Waals surface area contributed by atoms with Crippen molar-refractivity contribution in [1.82, 2.24) is 9.88 Å². The summed E-state index contributed by atoms with van der Waals surface area (Å²) in [6.07, 6.45) is 4.03. The van der Waals surface area contributed by atoms with E-state index >= 15 is 0 Å². The van der Waals surface area contributed by atoms with Gasteiger partial charge in [0.1, 0.15) is 6.61 Å². The molecule has 2 aliphatic heterocycles. The molecule has 1 saturated heterocycles.